The van der Waals surface area contributed by atoms with Crippen LogP contribution >= 0.6 is 0 Å². The lowest BCUT2D eigenvalue weighted by atomic mass is 10.1. The first-order valence-corrected chi connectivity index (χ1v) is 7.63. The fraction of sp³-hybridized carbons (Fsp3) is 0.562. The molecule has 0 saturated carbocycles. The summed E-state index contributed by atoms with van der Waals surface area (Å²) in [6.07, 6.45) is 4.01. The van der Waals surface area contributed by atoms with Crippen molar-refractivity contribution in [1.82, 2.24) is 9.80 Å². The molecule has 2 fully saturated rings. The summed E-state index contributed by atoms with van der Waals surface area (Å²) in [7, 11) is 0. The minimum absolute atomic E-state index is 0.177. The van der Waals surface area contributed by atoms with Crippen LogP contribution in [-0.4, -0.2) is 47.9 Å². The zero-order valence-corrected chi connectivity index (χ0v) is 12.0. The van der Waals surface area contributed by atoms with Crippen LogP contribution in [0.1, 0.15) is 30.4 Å². The summed E-state index contributed by atoms with van der Waals surface area (Å²) >= 11 is 0. The molecule has 3 N–H and O–H groups in total. The van der Waals surface area contributed by atoms with Gasteiger partial charge in [0.05, 0.1) is 0 Å². The minimum Gasteiger partial charge on any atom is -0.384 e. The molecule has 4 nitrogen and oxygen atoms in total. The molecule has 20 heavy (non-hydrogen) atoms. The highest BCUT2D eigenvalue weighted by molar-refractivity contribution is 5.96. The molecule has 0 spiro atoms. The third kappa shape index (κ3) is 2.86. The van der Waals surface area contributed by atoms with Crippen LogP contribution in [0.15, 0.2) is 24.3 Å². The van der Waals surface area contributed by atoms with Gasteiger partial charge in [-0.3, -0.25) is 15.2 Å². The molecule has 1 atom stereocenters. The van der Waals surface area contributed by atoms with E-state index in [-0.39, 0.29) is 5.84 Å². The predicted octanol–water partition coefficient (Wildman–Crippen LogP) is 1.64. The highest BCUT2D eigenvalue weighted by atomic mass is 15.3. The molecule has 2 saturated heterocycles. The van der Waals surface area contributed by atoms with Crippen LogP contribution < -0.4 is 5.73 Å². The van der Waals surface area contributed by atoms with Crippen molar-refractivity contribution in [2.45, 2.75) is 31.8 Å². The largest absolute Gasteiger partial charge is 0.384 e. The average Bonchev–Trinajstić information content (AvgIpc) is 3.09. The van der Waals surface area contributed by atoms with Crippen LogP contribution in [0, 0.1) is 5.41 Å². The number of hydrogen-bond acceptors (Lipinski definition) is 3. The molecule has 2 aliphatic heterocycles. The van der Waals surface area contributed by atoms with Gasteiger partial charge in [-0.05, 0) is 37.9 Å². The summed E-state index contributed by atoms with van der Waals surface area (Å²) in [5.74, 6) is 0.177. The molecule has 1 aromatic rings. The van der Waals surface area contributed by atoms with E-state index in [1.165, 1.54) is 37.9 Å². The van der Waals surface area contributed by atoms with Gasteiger partial charge in [0.1, 0.15) is 5.84 Å². The molecule has 0 radical (unpaired) electrons. The van der Waals surface area contributed by atoms with Gasteiger partial charge in [0.2, 0.25) is 0 Å². The Balaban J connectivity index is 1.63. The van der Waals surface area contributed by atoms with Crippen LogP contribution in [0.3, 0.4) is 0 Å². The Hall–Kier alpha value is -1.39. The number of nitrogen functional groups attached to an aromatic ring is 1. The molecular weight excluding hydrogens is 248 g/mol. The molecule has 2 aliphatic rings. The Labute approximate surface area is 121 Å². The highest BCUT2D eigenvalue weighted by Crippen LogP contribution is 2.22. The number of likely N-dealkylation sites (tertiary alicyclic amines) is 2. The molecule has 1 aromatic carbocycles. The SMILES string of the molecule is N=C(N)c1ccccc1CN1CCC(N2CCCC2)C1. The maximum Gasteiger partial charge on any atom is 0.123 e. The highest BCUT2D eigenvalue weighted by Gasteiger charge is 2.29. The maximum atomic E-state index is 7.68. The van der Waals surface area contributed by atoms with Crippen LogP contribution in [0.5, 0.6) is 0 Å². The normalized spacial score (nSPS) is 24.3. The number of nitrogens with zero attached hydrogens (tertiary/aromatic N) is 2. The van der Waals surface area contributed by atoms with Crippen molar-refractivity contribution in [3.8, 4) is 0 Å². The van der Waals surface area contributed by atoms with Crippen molar-refractivity contribution in [3.05, 3.63) is 35.4 Å². The molecule has 108 valence electrons. The lowest BCUT2D eigenvalue weighted by Crippen LogP contribution is -2.35. The van der Waals surface area contributed by atoms with E-state index in [0.29, 0.717) is 0 Å². The van der Waals surface area contributed by atoms with Crippen molar-refractivity contribution in [1.29, 1.82) is 5.41 Å². The summed E-state index contributed by atoms with van der Waals surface area (Å²) in [6.45, 7) is 5.80. The molecule has 4 heteroatoms. The lowest BCUT2D eigenvalue weighted by molar-refractivity contribution is 0.230. The van der Waals surface area contributed by atoms with E-state index in [1.54, 1.807) is 0 Å². The number of nitrogens with two attached hydrogens (primary N) is 1. The molecular formula is C16H24N4. The fourth-order valence-electron chi connectivity index (χ4n) is 3.52. The van der Waals surface area contributed by atoms with Gasteiger partial charge in [-0.1, -0.05) is 24.3 Å². The number of benzene rings is 1. The monoisotopic (exact) mass is 272 g/mol. The zero-order chi connectivity index (χ0) is 13.9. The van der Waals surface area contributed by atoms with Crippen molar-refractivity contribution in [2.24, 2.45) is 5.73 Å². The number of amidine groups is 1. The molecule has 0 bridgehead atoms. The van der Waals surface area contributed by atoms with E-state index in [4.69, 9.17) is 11.1 Å². The first kappa shape index (κ1) is 13.6. The third-order valence-corrected chi connectivity index (χ3v) is 4.61. The van der Waals surface area contributed by atoms with Crippen LogP contribution in [0.2, 0.25) is 0 Å². The third-order valence-electron chi connectivity index (χ3n) is 4.61. The summed E-state index contributed by atoms with van der Waals surface area (Å²) < 4.78 is 0. The second kappa shape index (κ2) is 5.94. The van der Waals surface area contributed by atoms with Gasteiger partial charge < -0.3 is 5.73 Å². The van der Waals surface area contributed by atoms with E-state index in [2.05, 4.69) is 15.9 Å². The van der Waals surface area contributed by atoms with E-state index >= 15 is 0 Å². The van der Waals surface area contributed by atoms with Gasteiger partial charge in [0.15, 0.2) is 0 Å². The van der Waals surface area contributed by atoms with Crippen molar-refractivity contribution in [3.63, 3.8) is 0 Å². The fourth-order valence-corrected chi connectivity index (χ4v) is 3.52. The van der Waals surface area contributed by atoms with Gasteiger partial charge in [-0.25, -0.2) is 0 Å². The van der Waals surface area contributed by atoms with Gasteiger partial charge >= 0.3 is 0 Å². The van der Waals surface area contributed by atoms with E-state index in [1.807, 2.05) is 18.2 Å². The maximum absolute atomic E-state index is 7.68. The Morgan fingerprint density at radius 3 is 2.70 bits per heavy atom. The van der Waals surface area contributed by atoms with E-state index in [9.17, 15) is 0 Å². The topological polar surface area (TPSA) is 56.4 Å². The van der Waals surface area contributed by atoms with Crippen LogP contribution in [-0.2, 0) is 6.54 Å². The van der Waals surface area contributed by atoms with Gasteiger partial charge in [-0.15, -0.1) is 0 Å². The summed E-state index contributed by atoms with van der Waals surface area (Å²) in [6, 6.07) is 8.78. The quantitative estimate of drug-likeness (QED) is 0.647. The standard InChI is InChI=1S/C16H24N4/c17-16(18)15-6-2-1-5-13(15)11-19-10-7-14(12-19)20-8-3-4-9-20/h1-2,5-6,14H,3-4,7-12H2,(H3,17,18). The Morgan fingerprint density at radius 1 is 1.20 bits per heavy atom. The summed E-state index contributed by atoms with van der Waals surface area (Å²) in [5.41, 5.74) is 7.74. The number of nitrogens with one attached hydrogen (secondary N) is 1. The van der Waals surface area contributed by atoms with Crippen LogP contribution in [0.25, 0.3) is 0 Å². The smallest absolute Gasteiger partial charge is 0.123 e. The van der Waals surface area contributed by atoms with Gasteiger partial charge in [-0.2, -0.15) is 0 Å². The van der Waals surface area contributed by atoms with Crippen molar-refractivity contribution >= 4 is 5.84 Å². The molecule has 0 aromatic heterocycles. The van der Waals surface area contributed by atoms with Crippen LogP contribution in [0.4, 0.5) is 0 Å². The van der Waals surface area contributed by atoms with Crippen molar-refractivity contribution in [2.75, 3.05) is 26.2 Å². The predicted molar refractivity (Wildman–Crippen MR) is 81.9 cm³/mol. The molecule has 2 heterocycles. The summed E-state index contributed by atoms with van der Waals surface area (Å²) in [5, 5.41) is 7.68. The Bertz CT molecular complexity index is 479. The lowest BCUT2D eigenvalue weighted by Gasteiger charge is -2.24. The second-order valence-electron chi connectivity index (χ2n) is 5.99. The van der Waals surface area contributed by atoms with E-state index in [0.717, 1.165) is 31.2 Å². The molecule has 0 aliphatic carbocycles. The Morgan fingerprint density at radius 2 is 1.95 bits per heavy atom. The van der Waals surface area contributed by atoms with Gasteiger partial charge in [0.25, 0.3) is 0 Å². The Kier molecular flexibility index (Phi) is 4.03. The van der Waals surface area contributed by atoms with Gasteiger partial charge in [0, 0.05) is 31.2 Å². The van der Waals surface area contributed by atoms with Crippen molar-refractivity contribution < 1.29 is 0 Å². The number of rotatable bonds is 4. The second-order valence-corrected chi connectivity index (χ2v) is 5.99. The minimum atomic E-state index is 0.177. The molecule has 1 unspecified atom stereocenters. The zero-order valence-electron chi connectivity index (χ0n) is 12.0. The summed E-state index contributed by atoms with van der Waals surface area (Å²) in [4.78, 5) is 5.15. The molecule has 0 amide bonds. The van der Waals surface area contributed by atoms with E-state index < -0.39 is 0 Å². The number of hydrogen-bond donors (Lipinski definition) is 2. The average molecular weight is 272 g/mol. The molecule has 3 rings (SSSR count). The first-order valence-electron chi connectivity index (χ1n) is 7.63. The first-order chi connectivity index (χ1) is 9.74.